The maximum atomic E-state index is 13.2. The first-order valence-corrected chi connectivity index (χ1v) is 14.2. The number of aliphatic hydroxyl groups is 1. The van der Waals surface area contributed by atoms with E-state index in [0.29, 0.717) is 5.75 Å². The highest BCUT2D eigenvalue weighted by molar-refractivity contribution is 6.77. The van der Waals surface area contributed by atoms with Crippen molar-refractivity contribution >= 4 is 26.2 Å². The second-order valence-electron chi connectivity index (χ2n) is 9.32. The summed E-state index contributed by atoms with van der Waals surface area (Å²) in [7, 11) is -1.40. The molecule has 1 saturated heterocycles. The molecule has 4 nitrogen and oxygen atoms in total. The smallest absolute Gasteiger partial charge is 0.355 e. The Kier molecular flexibility index (Phi) is 7.06. The van der Waals surface area contributed by atoms with Crippen LogP contribution < -0.4 is 4.74 Å². The van der Waals surface area contributed by atoms with Gasteiger partial charge in [-0.2, -0.15) is 0 Å². The highest BCUT2D eigenvalue weighted by Crippen LogP contribution is 2.38. The highest BCUT2D eigenvalue weighted by Gasteiger charge is 2.42. The Morgan fingerprint density at radius 1 is 1.13 bits per heavy atom. The van der Waals surface area contributed by atoms with Gasteiger partial charge in [0.2, 0.25) is 0 Å². The minimum Gasteiger partial charge on any atom is -0.508 e. The molecule has 2 unspecified atom stereocenters. The zero-order valence-electron chi connectivity index (χ0n) is 18.6. The number of carbonyl (C=O) groups is 1. The number of hydrogen-bond acceptors (Lipinski definition) is 4. The van der Waals surface area contributed by atoms with E-state index >= 15 is 0 Å². The minimum absolute atomic E-state index is 0.181. The van der Waals surface area contributed by atoms with Crippen LogP contribution in [-0.2, 0) is 9.53 Å². The fraction of sp³-hybridized carbons (Fsp3) is 0.346. The zero-order valence-corrected chi connectivity index (χ0v) is 19.6. The third kappa shape index (κ3) is 6.34. The van der Waals surface area contributed by atoms with Crippen molar-refractivity contribution in [1.29, 1.82) is 0 Å². The lowest BCUT2D eigenvalue weighted by Crippen LogP contribution is -2.47. The Balaban J connectivity index is 1.85. The van der Waals surface area contributed by atoms with Gasteiger partial charge in [0, 0.05) is 0 Å². The molecule has 1 aliphatic rings. The van der Waals surface area contributed by atoms with Gasteiger partial charge in [0.25, 0.3) is 6.10 Å². The van der Waals surface area contributed by atoms with Gasteiger partial charge in [0.1, 0.15) is 17.1 Å². The number of carbonyl (C=O) groups excluding carboxylic acids is 1. The molecule has 0 aliphatic carbocycles. The number of benzene rings is 2. The van der Waals surface area contributed by atoms with Gasteiger partial charge < -0.3 is 14.6 Å². The van der Waals surface area contributed by atoms with Crippen molar-refractivity contribution in [3.63, 3.8) is 0 Å². The SMILES string of the molecule is C=Cc1ccc(OC(C(=O)OC2(C)CCC[Si](C)(C)C2)C(O)=Cc2ccccc2)cc1. The average molecular weight is 437 g/mol. The predicted octanol–water partition coefficient (Wildman–Crippen LogP) is 6.48. The molecule has 0 saturated carbocycles. The molecule has 5 heteroatoms. The summed E-state index contributed by atoms with van der Waals surface area (Å²) >= 11 is 0. The standard InChI is InChI=1S/C26H32O4Si/c1-5-20-12-14-22(15-13-20)29-24(23(27)18-21-10-7-6-8-11-21)25(28)30-26(2)16-9-17-31(3,4)19-26/h5-8,10-15,18,24,27H,1,9,16-17,19H2,2-4H3. The molecule has 0 aromatic heterocycles. The van der Waals surface area contributed by atoms with E-state index in [-0.39, 0.29) is 5.76 Å². The van der Waals surface area contributed by atoms with E-state index in [0.717, 1.165) is 30.0 Å². The topological polar surface area (TPSA) is 55.8 Å². The fourth-order valence-corrected chi connectivity index (χ4v) is 7.94. The Hall–Kier alpha value is -2.79. The molecule has 1 fully saturated rings. The molecule has 164 valence electrons. The molecular weight excluding hydrogens is 404 g/mol. The van der Waals surface area contributed by atoms with Crippen LogP contribution in [0, 0.1) is 0 Å². The molecule has 1 heterocycles. The van der Waals surface area contributed by atoms with Crippen molar-refractivity contribution in [3.8, 4) is 5.75 Å². The molecule has 2 aromatic rings. The first-order chi connectivity index (χ1) is 14.7. The Labute approximate surface area is 186 Å². The van der Waals surface area contributed by atoms with E-state index in [1.54, 1.807) is 24.3 Å². The third-order valence-electron chi connectivity index (χ3n) is 5.73. The Morgan fingerprint density at radius 3 is 2.42 bits per heavy atom. The van der Waals surface area contributed by atoms with Crippen LogP contribution in [0.15, 0.2) is 66.9 Å². The first-order valence-electron chi connectivity index (χ1n) is 10.8. The van der Waals surface area contributed by atoms with Gasteiger partial charge in [-0.05, 0) is 48.7 Å². The molecule has 31 heavy (non-hydrogen) atoms. The first kappa shape index (κ1) is 22.9. The van der Waals surface area contributed by atoms with Crippen molar-refractivity contribution in [2.75, 3.05) is 0 Å². The molecule has 2 atom stereocenters. The van der Waals surface area contributed by atoms with Gasteiger partial charge in [-0.3, -0.25) is 0 Å². The number of aliphatic hydroxyl groups excluding tert-OH is 1. The molecule has 0 bridgehead atoms. The van der Waals surface area contributed by atoms with Crippen molar-refractivity contribution in [1.82, 2.24) is 0 Å². The van der Waals surface area contributed by atoms with Gasteiger partial charge in [-0.15, -0.1) is 0 Å². The molecule has 0 radical (unpaired) electrons. The van der Waals surface area contributed by atoms with E-state index in [2.05, 4.69) is 19.7 Å². The molecular formula is C26H32O4Si. The number of hydrogen-bond donors (Lipinski definition) is 1. The van der Waals surface area contributed by atoms with E-state index in [1.807, 2.05) is 49.4 Å². The van der Waals surface area contributed by atoms with Gasteiger partial charge in [0.05, 0.1) is 8.07 Å². The summed E-state index contributed by atoms with van der Waals surface area (Å²) in [6.45, 7) is 10.4. The Bertz CT molecular complexity index is 934. The second-order valence-corrected chi connectivity index (χ2v) is 14.5. The highest BCUT2D eigenvalue weighted by atomic mass is 28.3. The van der Waals surface area contributed by atoms with Crippen LogP contribution in [0.1, 0.15) is 30.9 Å². The third-order valence-corrected chi connectivity index (χ3v) is 9.14. The summed E-state index contributed by atoms with van der Waals surface area (Å²) < 4.78 is 11.9. The number of rotatable bonds is 7. The fourth-order valence-electron chi connectivity index (χ4n) is 4.36. The van der Waals surface area contributed by atoms with Gasteiger partial charge in [0.15, 0.2) is 0 Å². The van der Waals surface area contributed by atoms with Gasteiger partial charge in [-0.25, -0.2) is 4.79 Å². The summed E-state index contributed by atoms with van der Waals surface area (Å²) in [5.74, 6) is -0.268. The minimum atomic E-state index is -1.40. The molecule has 1 N–H and O–H groups in total. The summed E-state index contributed by atoms with van der Waals surface area (Å²) in [5, 5.41) is 10.8. The predicted molar refractivity (Wildman–Crippen MR) is 129 cm³/mol. The van der Waals surface area contributed by atoms with Crippen LogP contribution in [0.3, 0.4) is 0 Å². The van der Waals surface area contributed by atoms with Crippen LogP contribution in [0.5, 0.6) is 5.75 Å². The molecule has 3 rings (SSSR count). The average Bonchev–Trinajstić information content (AvgIpc) is 2.71. The normalized spacial score (nSPS) is 21.7. The van der Waals surface area contributed by atoms with Crippen LogP contribution in [0.4, 0.5) is 0 Å². The van der Waals surface area contributed by atoms with Crippen LogP contribution in [0.25, 0.3) is 12.2 Å². The summed E-state index contributed by atoms with van der Waals surface area (Å²) in [6, 6.07) is 18.7. The molecule has 2 aromatic carbocycles. The molecule has 1 aliphatic heterocycles. The zero-order chi connectivity index (χ0) is 22.5. The van der Waals surface area contributed by atoms with Crippen molar-refractivity contribution < 1.29 is 19.4 Å². The van der Waals surface area contributed by atoms with Crippen LogP contribution in [-0.4, -0.2) is 30.9 Å². The van der Waals surface area contributed by atoms with Gasteiger partial charge in [-0.1, -0.05) is 80.7 Å². The lowest BCUT2D eigenvalue weighted by molar-refractivity contribution is -0.165. The van der Waals surface area contributed by atoms with Crippen molar-refractivity contribution in [3.05, 3.63) is 78.1 Å². The second kappa shape index (κ2) is 9.56. The van der Waals surface area contributed by atoms with E-state index in [9.17, 15) is 9.90 Å². The Morgan fingerprint density at radius 2 is 1.81 bits per heavy atom. The lowest BCUT2D eigenvalue weighted by atomic mass is 10.0. The lowest BCUT2D eigenvalue weighted by Gasteiger charge is -2.41. The van der Waals surface area contributed by atoms with Crippen molar-refractivity contribution in [2.24, 2.45) is 0 Å². The summed E-state index contributed by atoms with van der Waals surface area (Å²) in [6.07, 6.45) is 3.94. The van der Waals surface area contributed by atoms with Crippen LogP contribution in [0.2, 0.25) is 25.2 Å². The molecule has 0 amide bonds. The van der Waals surface area contributed by atoms with Crippen LogP contribution >= 0.6 is 0 Å². The van der Waals surface area contributed by atoms with E-state index in [4.69, 9.17) is 9.47 Å². The number of esters is 1. The van der Waals surface area contributed by atoms with Gasteiger partial charge >= 0.3 is 5.97 Å². The van der Waals surface area contributed by atoms with E-state index < -0.39 is 25.7 Å². The maximum Gasteiger partial charge on any atom is 0.355 e. The van der Waals surface area contributed by atoms with Crippen molar-refractivity contribution in [2.45, 2.75) is 56.7 Å². The quantitative estimate of drug-likeness (QED) is 0.307. The monoisotopic (exact) mass is 436 g/mol. The summed E-state index contributed by atoms with van der Waals surface area (Å²) in [5.41, 5.74) is 1.20. The maximum absolute atomic E-state index is 13.2. The number of ether oxygens (including phenoxy) is 2. The largest absolute Gasteiger partial charge is 0.508 e. The summed E-state index contributed by atoms with van der Waals surface area (Å²) in [4.78, 5) is 13.2. The molecule has 0 spiro atoms. The van der Waals surface area contributed by atoms with E-state index in [1.165, 1.54) is 6.04 Å².